The predicted octanol–water partition coefficient (Wildman–Crippen LogP) is 7.36. The monoisotopic (exact) mass is 406 g/mol. The molecule has 1 saturated heterocycles. The molecular formula is C26H46O3. The molecule has 3 nitrogen and oxygen atoms in total. The van der Waals surface area contributed by atoms with E-state index in [4.69, 9.17) is 9.47 Å². The zero-order chi connectivity index (χ0) is 21.2. The van der Waals surface area contributed by atoms with Gasteiger partial charge >= 0.3 is 5.97 Å². The predicted molar refractivity (Wildman–Crippen MR) is 119 cm³/mol. The van der Waals surface area contributed by atoms with Crippen LogP contribution in [0.4, 0.5) is 0 Å². The van der Waals surface area contributed by atoms with Crippen molar-refractivity contribution in [2.24, 2.45) is 11.3 Å². The molecule has 0 amide bonds. The second kappa shape index (κ2) is 8.89. The summed E-state index contributed by atoms with van der Waals surface area (Å²) in [6.07, 6.45) is 17.6. The topological polar surface area (TPSA) is 35.5 Å². The van der Waals surface area contributed by atoms with Crippen molar-refractivity contribution in [1.29, 1.82) is 0 Å². The molecule has 4 atom stereocenters. The Kier molecular flexibility index (Phi) is 7.08. The minimum atomic E-state index is -0.557. The first-order valence-corrected chi connectivity index (χ1v) is 12.6. The van der Waals surface area contributed by atoms with Gasteiger partial charge in [0.05, 0.1) is 5.60 Å². The van der Waals surface area contributed by atoms with Gasteiger partial charge in [-0.15, -0.1) is 0 Å². The summed E-state index contributed by atoms with van der Waals surface area (Å²) >= 11 is 0. The highest BCUT2D eigenvalue weighted by Gasteiger charge is 2.70. The van der Waals surface area contributed by atoms with Crippen LogP contribution in [-0.2, 0) is 14.3 Å². The lowest BCUT2D eigenvalue weighted by Crippen LogP contribution is -2.55. The van der Waals surface area contributed by atoms with Crippen molar-refractivity contribution in [3.8, 4) is 0 Å². The van der Waals surface area contributed by atoms with Gasteiger partial charge in [0, 0.05) is 11.8 Å². The molecule has 0 unspecified atom stereocenters. The number of unbranched alkanes of at least 4 members (excludes halogenated alkanes) is 7. The fourth-order valence-corrected chi connectivity index (χ4v) is 6.76. The number of fused-ring (bicyclic) bond motifs is 1. The number of ether oxygens (including phenoxy) is 2. The van der Waals surface area contributed by atoms with Crippen molar-refractivity contribution >= 4 is 5.97 Å². The molecular weight excluding hydrogens is 360 g/mol. The molecule has 0 aromatic rings. The van der Waals surface area contributed by atoms with E-state index in [9.17, 15) is 4.79 Å². The highest BCUT2D eigenvalue weighted by Crippen LogP contribution is 2.68. The minimum absolute atomic E-state index is 0.0359. The van der Waals surface area contributed by atoms with Crippen molar-refractivity contribution in [1.82, 2.24) is 0 Å². The molecule has 3 rings (SSSR count). The van der Waals surface area contributed by atoms with E-state index >= 15 is 0 Å². The van der Waals surface area contributed by atoms with Gasteiger partial charge in [-0.2, -0.15) is 0 Å². The van der Waals surface area contributed by atoms with Crippen LogP contribution in [0, 0.1) is 11.3 Å². The van der Waals surface area contributed by atoms with Crippen LogP contribution in [0.25, 0.3) is 0 Å². The zero-order valence-corrected chi connectivity index (χ0v) is 19.9. The van der Waals surface area contributed by atoms with Gasteiger partial charge in [0.2, 0.25) is 0 Å². The maximum Gasteiger partial charge on any atom is 0.306 e. The molecule has 0 N–H and O–H groups in total. The van der Waals surface area contributed by atoms with Crippen LogP contribution < -0.4 is 0 Å². The molecule has 3 fully saturated rings. The summed E-state index contributed by atoms with van der Waals surface area (Å²) in [5, 5.41) is 0. The molecule has 0 aromatic carbocycles. The highest BCUT2D eigenvalue weighted by molar-refractivity contribution is 5.70. The third-order valence-corrected chi connectivity index (χ3v) is 8.99. The lowest BCUT2D eigenvalue weighted by atomic mass is 9.52. The summed E-state index contributed by atoms with van der Waals surface area (Å²) in [5.74, 6) is 0.729. The highest BCUT2D eigenvalue weighted by atomic mass is 16.6. The second-order valence-corrected chi connectivity index (χ2v) is 11.3. The lowest BCUT2D eigenvalue weighted by Gasteiger charge is -2.50. The van der Waals surface area contributed by atoms with E-state index in [1.807, 2.05) is 0 Å². The first kappa shape index (κ1) is 23.1. The number of hydrogen-bond acceptors (Lipinski definition) is 3. The van der Waals surface area contributed by atoms with Gasteiger partial charge < -0.3 is 9.47 Å². The second-order valence-electron chi connectivity index (χ2n) is 11.3. The molecule has 168 valence electrons. The average molecular weight is 407 g/mol. The molecule has 0 aromatic heterocycles. The van der Waals surface area contributed by atoms with Crippen molar-refractivity contribution in [2.75, 3.05) is 0 Å². The largest absolute Gasteiger partial charge is 0.457 e. The van der Waals surface area contributed by atoms with Gasteiger partial charge in [-0.1, -0.05) is 65.2 Å². The van der Waals surface area contributed by atoms with Crippen molar-refractivity contribution < 1.29 is 14.3 Å². The summed E-state index contributed by atoms with van der Waals surface area (Å²) in [4.78, 5) is 12.7. The molecule has 1 aliphatic heterocycles. The Hall–Kier alpha value is -0.570. The van der Waals surface area contributed by atoms with Crippen molar-refractivity contribution in [3.05, 3.63) is 0 Å². The summed E-state index contributed by atoms with van der Waals surface area (Å²) in [6, 6.07) is 0. The summed E-state index contributed by atoms with van der Waals surface area (Å²) in [7, 11) is 0. The number of rotatable bonds is 11. The minimum Gasteiger partial charge on any atom is -0.457 e. The smallest absolute Gasteiger partial charge is 0.306 e. The third-order valence-electron chi connectivity index (χ3n) is 8.99. The normalized spacial score (nSPS) is 36.2. The van der Waals surface area contributed by atoms with Gasteiger partial charge in [0.15, 0.2) is 0 Å². The van der Waals surface area contributed by atoms with E-state index in [0.29, 0.717) is 6.42 Å². The Morgan fingerprint density at radius 2 is 1.66 bits per heavy atom. The van der Waals surface area contributed by atoms with E-state index in [1.54, 1.807) is 0 Å². The molecule has 2 aliphatic carbocycles. The van der Waals surface area contributed by atoms with Crippen LogP contribution in [-0.4, -0.2) is 22.8 Å². The molecule has 0 radical (unpaired) electrons. The molecule has 3 aliphatic rings. The van der Waals surface area contributed by atoms with Crippen LogP contribution >= 0.6 is 0 Å². The van der Waals surface area contributed by atoms with Gasteiger partial charge in [-0.05, 0) is 65.2 Å². The number of carbonyl (C=O) groups is 1. The summed E-state index contributed by atoms with van der Waals surface area (Å²) < 4.78 is 13.0. The zero-order valence-electron chi connectivity index (χ0n) is 19.9. The number of carbonyl (C=O) groups excluding carboxylic acids is 1. The van der Waals surface area contributed by atoms with E-state index in [0.717, 1.165) is 38.0 Å². The Balaban J connectivity index is 1.49. The number of esters is 1. The first-order chi connectivity index (χ1) is 13.7. The standard InChI is InChI=1S/C26H46O3/c1-6-7-8-9-10-11-12-13-16-22(27)28-23(2,3)26-19-17-21-15-14-18-25(5,29-26)24(21,4)20-26/h21H,6-20H2,1-5H3/t21-,24+,25-,26+/m1/s1. The van der Waals surface area contributed by atoms with E-state index in [-0.39, 0.29) is 22.6 Å². The van der Waals surface area contributed by atoms with Gasteiger partial charge in [0.1, 0.15) is 11.2 Å². The quantitative estimate of drug-likeness (QED) is 0.266. The summed E-state index contributed by atoms with van der Waals surface area (Å²) in [5.41, 5.74) is -0.705. The molecule has 2 bridgehead atoms. The van der Waals surface area contributed by atoms with E-state index < -0.39 is 5.60 Å². The van der Waals surface area contributed by atoms with Gasteiger partial charge in [0.25, 0.3) is 0 Å². The molecule has 0 spiro atoms. The third kappa shape index (κ3) is 4.41. The van der Waals surface area contributed by atoms with Crippen LogP contribution in [0.3, 0.4) is 0 Å². The van der Waals surface area contributed by atoms with Gasteiger partial charge in [-0.3, -0.25) is 4.79 Å². The van der Waals surface area contributed by atoms with Crippen LogP contribution in [0.1, 0.15) is 131 Å². The van der Waals surface area contributed by atoms with E-state index in [2.05, 4.69) is 34.6 Å². The van der Waals surface area contributed by atoms with Crippen LogP contribution in [0.5, 0.6) is 0 Å². The Morgan fingerprint density at radius 3 is 2.34 bits per heavy atom. The SMILES string of the molecule is CCCCCCCCCCC(=O)OC(C)(C)[C@@]12CC[C@H]3CCC[C@@](C)(O1)[C@@]3(C)C2. The Labute approximate surface area is 179 Å². The first-order valence-electron chi connectivity index (χ1n) is 12.6. The maximum atomic E-state index is 12.7. The maximum absolute atomic E-state index is 12.7. The molecule has 1 heterocycles. The van der Waals surface area contributed by atoms with Crippen LogP contribution in [0.2, 0.25) is 0 Å². The summed E-state index contributed by atoms with van der Waals surface area (Å²) in [6.45, 7) is 11.2. The Bertz CT molecular complexity index is 566. The molecule has 2 saturated carbocycles. The van der Waals surface area contributed by atoms with E-state index in [1.165, 1.54) is 57.8 Å². The lowest BCUT2D eigenvalue weighted by molar-refractivity contribution is -0.214. The Morgan fingerprint density at radius 1 is 1.00 bits per heavy atom. The number of hydrogen-bond donors (Lipinski definition) is 0. The fourth-order valence-electron chi connectivity index (χ4n) is 6.76. The molecule has 29 heavy (non-hydrogen) atoms. The molecule has 3 heteroatoms. The van der Waals surface area contributed by atoms with Crippen molar-refractivity contribution in [3.63, 3.8) is 0 Å². The van der Waals surface area contributed by atoms with Crippen molar-refractivity contribution in [2.45, 2.75) is 148 Å². The average Bonchev–Trinajstić information content (AvgIpc) is 2.90. The van der Waals surface area contributed by atoms with Gasteiger partial charge in [-0.25, -0.2) is 0 Å². The fraction of sp³-hybridized carbons (Fsp3) is 0.962. The van der Waals surface area contributed by atoms with Crippen LogP contribution in [0.15, 0.2) is 0 Å².